The Kier molecular flexibility index (Phi) is 10.6. The number of nitrogens with zero attached hydrogens (tertiary/aromatic N) is 1. The zero-order chi connectivity index (χ0) is 14.8. The molecule has 0 heterocycles. The van der Waals surface area contributed by atoms with Crippen LogP contribution in [0.2, 0.25) is 0 Å². The first-order chi connectivity index (χ1) is 8.93. The third-order valence-electron chi connectivity index (χ3n) is 4.29. The number of nitrogens with one attached hydrogen (secondary N) is 1. The fourth-order valence-corrected chi connectivity index (χ4v) is 2.50. The van der Waals surface area contributed by atoms with Gasteiger partial charge in [-0.15, -0.1) is 0 Å². The van der Waals surface area contributed by atoms with E-state index < -0.39 is 0 Å². The Morgan fingerprint density at radius 2 is 1.58 bits per heavy atom. The van der Waals surface area contributed by atoms with Gasteiger partial charge < -0.3 is 5.32 Å². The lowest BCUT2D eigenvalue weighted by molar-refractivity contribution is 0.110. The molecule has 0 aromatic heterocycles. The summed E-state index contributed by atoms with van der Waals surface area (Å²) in [6.07, 6.45) is 3.86. The average Bonchev–Trinajstić information content (AvgIpc) is 2.37. The summed E-state index contributed by atoms with van der Waals surface area (Å²) in [6, 6.07) is 1.37. The normalized spacial score (nSPS) is 16.9. The number of hydrogen-bond acceptors (Lipinski definition) is 2. The molecule has 0 rings (SSSR count). The van der Waals surface area contributed by atoms with E-state index in [0.717, 1.165) is 19.0 Å². The molecule has 0 spiro atoms. The van der Waals surface area contributed by atoms with Crippen molar-refractivity contribution in [1.29, 1.82) is 0 Å². The summed E-state index contributed by atoms with van der Waals surface area (Å²) in [5, 5.41) is 3.61. The van der Waals surface area contributed by atoms with Gasteiger partial charge in [0, 0.05) is 12.1 Å². The zero-order valence-electron chi connectivity index (χ0n) is 14.5. The molecule has 0 saturated carbocycles. The Morgan fingerprint density at radius 1 is 0.947 bits per heavy atom. The van der Waals surface area contributed by atoms with Crippen LogP contribution in [0.15, 0.2) is 0 Å². The largest absolute Gasteiger partial charge is 0.316 e. The van der Waals surface area contributed by atoms with E-state index in [4.69, 9.17) is 0 Å². The summed E-state index contributed by atoms with van der Waals surface area (Å²) in [5.74, 6) is 1.46. The maximum atomic E-state index is 3.61. The van der Waals surface area contributed by atoms with E-state index in [1.165, 1.54) is 25.8 Å². The molecule has 0 bridgehead atoms. The molecule has 3 atom stereocenters. The van der Waals surface area contributed by atoms with Gasteiger partial charge in [-0.25, -0.2) is 0 Å². The minimum Gasteiger partial charge on any atom is -0.316 e. The van der Waals surface area contributed by atoms with E-state index in [-0.39, 0.29) is 0 Å². The predicted octanol–water partition coefficient (Wildman–Crippen LogP) is 4.16. The Hall–Kier alpha value is -0.0800. The van der Waals surface area contributed by atoms with Gasteiger partial charge in [-0.05, 0) is 58.2 Å². The highest BCUT2D eigenvalue weighted by molar-refractivity contribution is 4.78. The molecule has 0 aliphatic carbocycles. The third-order valence-corrected chi connectivity index (χ3v) is 4.29. The summed E-state index contributed by atoms with van der Waals surface area (Å²) < 4.78 is 0. The Bertz CT molecular complexity index is 203. The molecule has 0 radical (unpaired) electrons. The SMILES string of the molecule is CCCCN(C(C)CC)C(C)C(C)CNCC(C)C. The molecule has 0 amide bonds. The topological polar surface area (TPSA) is 15.3 Å². The lowest BCUT2D eigenvalue weighted by Crippen LogP contribution is -2.46. The maximum absolute atomic E-state index is 3.61. The van der Waals surface area contributed by atoms with Crippen molar-refractivity contribution in [2.45, 2.75) is 79.8 Å². The smallest absolute Gasteiger partial charge is 0.0107 e. The summed E-state index contributed by atoms with van der Waals surface area (Å²) in [5.41, 5.74) is 0. The molecule has 2 nitrogen and oxygen atoms in total. The minimum absolute atomic E-state index is 0.668. The maximum Gasteiger partial charge on any atom is 0.0107 e. The fourth-order valence-electron chi connectivity index (χ4n) is 2.50. The van der Waals surface area contributed by atoms with Gasteiger partial charge in [-0.1, -0.05) is 41.0 Å². The molecule has 0 aliphatic rings. The van der Waals surface area contributed by atoms with Crippen molar-refractivity contribution in [2.75, 3.05) is 19.6 Å². The fraction of sp³-hybridized carbons (Fsp3) is 1.00. The molecule has 1 N–H and O–H groups in total. The van der Waals surface area contributed by atoms with Crippen LogP contribution in [-0.2, 0) is 0 Å². The predicted molar refractivity (Wildman–Crippen MR) is 87.7 cm³/mol. The van der Waals surface area contributed by atoms with Gasteiger partial charge in [0.05, 0.1) is 0 Å². The van der Waals surface area contributed by atoms with Crippen molar-refractivity contribution in [1.82, 2.24) is 10.2 Å². The Labute approximate surface area is 122 Å². The summed E-state index contributed by atoms with van der Waals surface area (Å²) in [4.78, 5) is 2.71. The van der Waals surface area contributed by atoms with Crippen molar-refractivity contribution < 1.29 is 0 Å². The second kappa shape index (κ2) is 10.7. The van der Waals surface area contributed by atoms with Crippen LogP contribution in [0.3, 0.4) is 0 Å². The average molecular weight is 271 g/mol. The summed E-state index contributed by atoms with van der Waals surface area (Å²) in [7, 11) is 0. The molecule has 19 heavy (non-hydrogen) atoms. The highest BCUT2D eigenvalue weighted by atomic mass is 15.2. The Morgan fingerprint density at radius 3 is 2.05 bits per heavy atom. The van der Waals surface area contributed by atoms with Gasteiger partial charge in [-0.3, -0.25) is 4.90 Å². The monoisotopic (exact) mass is 270 g/mol. The molecule has 116 valence electrons. The van der Waals surface area contributed by atoms with Crippen molar-refractivity contribution in [2.24, 2.45) is 11.8 Å². The van der Waals surface area contributed by atoms with Crippen molar-refractivity contribution in [3.8, 4) is 0 Å². The molecule has 0 saturated heterocycles. The molecule has 0 fully saturated rings. The van der Waals surface area contributed by atoms with Crippen LogP contribution in [0, 0.1) is 11.8 Å². The minimum atomic E-state index is 0.668. The lowest BCUT2D eigenvalue weighted by atomic mass is 9.99. The van der Waals surface area contributed by atoms with E-state index in [2.05, 4.69) is 58.7 Å². The van der Waals surface area contributed by atoms with Crippen LogP contribution in [0.25, 0.3) is 0 Å². The van der Waals surface area contributed by atoms with E-state index in [1.54, 1.807) is 0 Å². The Balaban J connectivity index is 4.29. The van der Waals surface area contributed by atoms with E-state index in [1.807, 2.05) is 0 Å². The highest BCUT2D eigenvalue weighted by Gasteiger charge is 2.22. The van der Waals surface area contributed by atoms with Crippen LogP contribution in [-0.4, -0.2) is 36.6 Å². The van der Waals surface area contributed by atoms with Gasteiger partial charge in [0.2, 0.25) is 0 Å². The molecule has 0 aromatic carbocycles. The van der Waals surface area contributed by atoms with Crippen LogP contribution in [0.5, 0.6) is 0 Å². The van der Waals surface area contributed by atoms with E-state index in [0.29, 0.717) is 18.0 Å². The lowest BCUT2D eigenvalue weighted by Gasteiger charge is -2.37. The number of rotatable bonds is 11. The first-order valence-electron chi connectivity index (χ1n) is 8.40. The molecule has 0 aliphatic heterocycles. The summed E-state index contributed by atoms with van der Waals surface area (Å²) >= 11 is 0. The zero-order valence-corrected chi connectivity index (χ0v) is 14.5. The first-order valence-corrected chi connectivity index (χ1v) is 8.40. The van der Waals surface area contributed by atoms with E-state index >= 15 is 0 Å². The molecular weight excluding hydrogens is 232 g/mol. The van der Waals surface area contributed by atoms with Crippen LogP contribution in [0.1, 0.15) is 67.7 Å². The van der Waals surface area contributed by atoms with Gasteiger partial charge >= 0.3 is 0 Å². The van der Waals surface area contributed by atoms with Crippen molar-refractivity contribution in [3.05, 3.63) is 0 Å². The summed E-state index contributed by atoms with van der Waals surface area (Å²) in [6.45, 7) is 19.8. The van der Waals surface area contributed by atoms with Crippen LogP contribution >= 0.6 is 0 Å². The first kappa shape index (κ1) is 18.9. The van der Waals surface area contributed by atoms with Crippen LogP contribution < -0.4 is 5.32 Å². The molecular formula is C17H38N2. The van der Waals surface area contributed by atoms with Gasteiger partial charge in [0.25, 0.3) is 0 Å². The van der Waals surface area contributed by atoms with Crippen molar-refractivity contribution in [3.63, 3.8) is 0 Å². The third kappa shape index (κ3) is 7.94. The molecule has 2 heteroatoms. The van der Waals surface area contributed by atoms with E-state index in [9.17, 15) is 0 Å². The number of unbranched alkanes of at least 4 members (excludes halogenated alkanes) is 1. The quantitative estimate of drug-likeness (QED) is 0.606. The van der Waals surface area contributed by atoms with Gasteiger partial charge in [-0.2, -0.15) is 0 Å². The highest BCUT2D eigenvalue weighted by Crippen LogP contribution is 2.16. The second-order valence-electron chi connectivity index (χ2n) is 6.62. The molecule has 3 unspecified atom stereocenters. The second-order valence-corrected chi connectivity index (χ2v) is 6.62. The van der Waals surface area contributed by atoms with Gasteiger partial charge in [0.15, 0.2) is 0 Å². The number of hydrogen-bond donors (Lipinski definition) is 1. The van der Waals surface area contributed by atoms with Crippen LogP contribution in [0.4, 0.5) is 0 Å². The van der Waals surface area contributed by atoms with Crippen molar-refractivity contribution >= 4 is 0 Å². The van der Waals surface area contributed by atoms with Gasteiger partial charge in [0.1, 0.15) is 0 Å². The standard InChI is InChI=1S/C17H38N2/c1-8-10-11-19(16(6)9-2)17(7)15(5)13-18-12-14(3)4/h14-18H,8-13H2,1-7H3. The molecule has 0 aromatic rings.